The first-order chi connectivity index (χ1) is 13.7. The third-order valence-electron chi connectivity index (χ3n) is 4.93. The molecule has 1 aromatic heterocycles. The van der Waals surface area contributed by atoms with Crippen LogP contribution in [0.25, 0.3) is 11.3 Å². The lowest BCUT2D eigenvalue weighted by Gasteiger charge is -2.28. The minimum atomic E-state index is -0.843. The summed E-state index contributed by atoms with van der Waals surface area (Å²) in [6.07, 6.45) is 0. The van der Waals surface area contributed by atoms with E-state index in [0.717, 1.165) is 5.56 Å². The van der Waals surface area contributed by atoms with Crippen LogP contribution in [0.1, 0.15) is 17.0 Å². The summed E-state index contributed by atoms with van der Waals surface area (Å²) in [5.41, 5.74) is 2.74. The minimum absolute atomic E-state index is 0.141. The molecule has 5 rings (SSSR count). The number of hydrogen-bond acceptors (Lipinski definition) is 6. The predicted molar refractivity (Wildman–Crippen MR) is 95.8 cm³/mol. The SMILES string of the molecule is N#CC1C(=N)Oc2n[nH]c(-c3ccc(F)cc3)c2C1c1ccc2c(c1)OCO2. The van der Waals surface area contributed by atoms with Gasteiger partial charge in [-0.2, -0.15) is 5.26 Å². The van der Waals surface area contributed by atoms with Gasteiger partial charge in [0.05, 0.1) is 17.3 Å². The Labute approximate surface area is 158 Å². The molecule has 0 saturated carbocycles. The summed E-state index contributed by atoms with van der Waals surface area (Å²) >= 11 is 0. The first-order valence-corrected chi connectivity index (χ1v) is 8.55. The summed E-state index contributed by atoms with van der Waals surface area (Å²) in [5.74, 6) is -0.420. The van der Waals surface area contributed by atoms with Crippen molar-refractivity contribution < 1.29 is 18.6 Å². The summed E-state index contributed by atoms with van der Waals surface area (Å²) < 4.78 is 29.7. The maximum Gasteiger partial charge on any atom is 0.244 e. The average molecular weight is 376 g/mol. The molecular formula is C20H13FN4O3. The van der Waals surface area contributed by atoms with Crippen molar-refractivity contribution in [1.82, 2.24) is 10.2 Å². The molecule has 0 bridgehead atoms. The smallest absolute Gasteiger partial charge is 0.244 e. The molecular weight excluding hydrogens is 363 g/mol. The number of nitriles is 1. The maximum atomic E-state index is 13.4. The summed E-state index contributed by atoms with van der Waals surface area (Å²) in [4.78, 5) is 0. The Bertz CT molecular complexity index is 1130. The third-order valence-corrected chi connectivity index (χ3v) is 4.93. The van der Waals surface area contributed by atoms with Gasteiger partial charge in [0.1, 0.15) is 11.7 Å². The minimum Gasteiger partial charge on any atom is -0.454 e. The number of hydrogen-bond donors (Lipinski definition) is 2. The highest BCUT2D eigenvalue weighted by Gasteiger charge is 2.41. The van der Waals surface area contributed by atoms with Crippen LogP contribution in [0, 0.1) is 28.5 Å². The number of aromatic nitrogens is 2. The van der Waals surface area contributed by atoms with Crippen molar-refractivity contribution >= 4 is 5.90 Å². The first kappa shape index (κ1) is 16.3. The molecule has 2 unspecified atom stereocenters. The average Bonchev–Trinajstić information content (AvgIpc) is 3.33. The van der Waals surface area contributed by atoms with Crippen molar-refractivity contribution in [1.29, 1.82) is 10.7 Å². The Hall–Kier alpha value is -3.86. The van der Waals surface area contributed by atoms with Crippen LogP contribution in [0.3, 0.4) is 0 Å². The van der Waals surface area contributed by atoms with Crippen LogP contribution < -0.4 is 14.2 Å². The van der Waals surface area contributed by atoms with E-state index in [1.54, 1.807) is 24.3 Å². The molecule has 8 heteroatoms. The molecule has 0 aliphatic carbocycles. The van der Waals surface area contributed by atoms with Crippen LogP contribution in [0.4, 0.5) is 4.39 Å². The molecule has 7 nitrogen and oxygen atoms in total. The zero-order valence-corrected chi connectivity index (χ0v) is 14.4. The van der Waals surface area contributed by atoms with Crippen molar-refractivity contribution in [2.45, 2.75) is 5.92 Å². The normalized spacial score (nSPS) is 19.6. The molecule has 138 valence electrons. The van der Waals surface area contributed by atoms with Crippen molar-refractivity contribution in [3.8, 4) is 34.7 Å². The number of aromatic amines is 1. The van der Waals surface area contributed by atoms with E-state index in [4.69, 9.17) is 19.6 Å². The third kappa shape index (κ3) is 2.41. The summed E-state index contributed by atoms with van der Waals surface area (Å²) in [6.45, 7) is 0.141. The van der Waals surface area contributed by atoms with Gasteiger partial charge in [0.25, 0.3) is 0 Å². The molecule has 28 heavy (non-hydrogen) atoms. The summed E-state index contributed by atoms with van der Waals surface area (Å²) in [7, 11) is 0. The fourth-order valence-corrected chi connectivity index (χ4v) is 3.62. The van der Waals surface area contributed by atoms with Gasteiger partial charge >= 0.3 is 0 Å². The van der Waals surface area contributed by atoms with Crippen molar-refractivity contribution in [2.75, 3.05) is 6.79 Å². The van der Waals surface area contributed by atoms with Gasteiger partial charge in [-0.15, -0.1) is 5.10 Å². The number of H-pyrrole nitrogens is 1. The molecule has 2 N–H and O–H groups in total. The fraction of sp³-hybridized carbons (Fsp3) is 0.150. The highest BCUT2D eigenvalue weighted by atomic mass is 19.1. The van der Waals surface area contributed by atoms with Crippen molar-refractivity contribution in [2.24, 2.45) is 5.92 Å². The highest BCUT2D eigenvalue weighted by Crippen LogP contribution is 2.47. The Morgan fingerprint density at radius 3 is 2.71 bits per heavy atom. The number of nitrogens with zero attached hydrogens (tertiary/aromatic N) is 2. The zero-order chi connectivity index (χ0) is 19.3. The van der Waals surface area contributed by atoms with Gasteiger partial charge in [0.15, 0.2) is 11.5 Å². The topological polar surface area (TPSA) is 104 Å². The van der Waals surface area contributed by atoms with Crippen LogP contribution in [0.5, 0.6) is 17.4 Å². The van der Waals surface area contributed by atoms with E-state index in [2.05, 4.69) is 16.3 Å². The van der Waals surface area contributed by atoms with E-state index < -0.39 is 11.8 Å². The second-order valence-electron chi connectivity index (χ2n) is 6.49. The van der Waals surface area contributed by atoms with E-state index in [1.807, 2.05) is 6.07 Å². The molecule has 2 aliphatic heterocycles. The number of ether oxygens (including phenoxy) is 3. The quantitative estimate of drug-likeness (QED) is 0.711. The summed E-state index contributed by atoms with van der Waals surface area (Å²) in [6, 6.07) is 13.5. The number of rotatable bonds is 2. The van der Waals surface area contributed by atoms with Crippen molar-refractivity contribution in [3.05, 3.63) is 59.4 Å². The zero-order valence-electron chi connectivity index (χ0n) is 14.4. The Balaban J connectivity index is 1.70. The molecule has 0 spiro atoms. The van der Waals surface area contributed by atoms with Gasteiger partial charge in [-0.3, -0.25) is 10.5 Å². The lowest BCUT2D eigenvalue weighted by atomic mass is 9.78. The van der Waals surface area contributed by atoms with Crippen LogP contribution in [-0.4, -0.2) is 22.9 Å². The van der Waals surface area contributed by atoms with Crippen molar-refractivity contribution in [3.63, 3.8) is 0 Å². The molecule has 0 fully saturated rings. The van der Waals surface area contributed by atoms with Crippen LogP contribution in [-0.2, 0) is 0 Å². The second-order valence-corrected chi connectivity index (χ2v) is 6.49. The van der Waals surface area contributed by atoms with Gasteiger partial charge in [-0.25, -0.2) is 4.39 Å². The van der Waals surface area contributed by atoms with Gasteiger partial charge in [-0.05, 0) is 42.0 Å². The Kier molecular flexibility index (Phi) is 3.55. The maximum absolute atomic E-state index is 13.4. The van der Waals surface area contributed by atoms with Gasteiger partial charge in [-0.1, -0.05) is 6.07 Å². The Morgan fingerprint density at radius 2 is 1.93 bits per heavy atom. The van der Waals surface area contributed by atoms with Gasteiger partial charge in [0.2, 0.25) is 18.6 Å². The monoisotopic (exact) mass is 376 g/mol. The summed E-state index contributed by atoms with van der Waals surface area (Å²) in [5, 5.41) is 25.0. The van der Waals surface area contributed by atoms with Crippen LogP contribution in [0.2, 0.25) is 0 Å². The van der Waals surface area contributed by atoms with E-state index in [-0.39, 0.29) is 24.4 Å². The molecule has 0 saturated heterocycles. The largest absolute Gasteiger partial charge is 0.454 e. The van der Waals surface area contributed by atoms with Gasteiger partial charge < -0.3 is 14.2 Å². The Morgan fingerprint density at radius 1 is 1.14 bits per heavy atom. The van der Waals surface area contributed by atoms with E-state index >= 15 is 0 Å². The first-order valence-electron chi connectivity index (χ1n) is 8.55. The molecule has 2 aromatic carbocycles. The molecule has 0 radical (unpaired) electrons. The molecule has 2 aliphatic rings. The predicted octanol–water partition coefficient (Wildman–Crippen LogP) is 3.59. The fourth-order valence-electron chi connectivity index (χ4n) is 3.62. The number of halogens is 1. The lowest BCUT2D eigenvalue weighted by Crippen LogP contribution is -2.30. The van der Waals surface area contributed by atoms with E-state index in [1.165, 1.54) is 12.1 Å². The molecule has 3 heterocycles. The number of fused-ring (bicyclic) bond motifs is 2. The molecule has 0 amide bonds. The highest BCUT2D eigenvalue weighted by molar-refractivity contribution is 5.86. The van der Waals surface area contributed by atoms with E-state index in [0.29, 0.717) is 28.3 Å². The van der Waals surface area contributed by atoms with Gasteiger partial charge in [0, 0.05) is 11.5 Å². The number of benzene rings is 2. The number of nitrogens with one attached hydrogen (secondary N) is 2. The van der Waals surface area contributed by atoms with Crippen LogP contribution >= 0.6 is 0 Å². The standard InChI is InChI=1S/C20H13FN4O3/c21-12-4-1-10(2-5-12)18-17-16(11-3-6-14-15(7-11)27-9-26-14)13(8-22)19(23)28-20(17)25-24-18/h1-7,13,16,23H,9H2,(H,24,25). The van der Waals surface area contributed by atoms with Crippen LogP contribution in [0.15, 0.2) is 42.5 Å². The molecule has 3 aromatic rings. The van der Waals surface area contributed by atoms with E-state index in [9.17, 15) is 9.65 Å². The second kappa shape index (κ2) is 6.09. The molecule has 2 atom stereocenters. The lowest BCUT2D eigenvalue weighted by molar-refractivity contribution is 0.174.